The molecule has 3 aromatic rings. The number of nitrogens with zero attached hydrogens (tertiary/aromatic N) is 3. The Morgan fingerprint density at radius 1 is 1.44 bits per heavy atom. The van der Waals surface area contributed by atoms with Crippen LogP contribution < -0.4 is 9.64 Å². The van der Waals surface area contributed by atoms with Crippen LogP contribution in [0.3, 0.4) is 0 Å². The van der Waals surface area contributed by atoms with Crippen molar-refractivity contribution in [2.75, 3.05) is 18.1 Å². The zero-order valence-corrected chi connectivity index (χ0v) is 14.2. The van der Waals surface area contributed by atoms with Crippen LogP contribution in [0.15, 0.2) is 29.8 Å². The predicted molar refractivity (Wildman–Crippen MR) is 93.4 cm³/mol. The quantitative estimate of drug-likeness (QED) is 0.775. The lowest BCUT2D eigenvalue weighted by Crippen LogP contribution is -2.38. The molecular weight excluding hydrogens is 342 g/mol. The monoisotopic (exact) mass is 357 g/mol. The Balaban J connectivity index is 1.76. The SMILES string of the molecule is CCN1C(=O)COc2ccc(-c3cn4c(CC(=O)O)csc4n3)cc21. The van der Waals surface area contributed by atoms with Crippen molar-refractivity contribution in [2.24, 2.45) is 0 Å². The molecule has 1 aliphatic rings. The number of carbonyl (C=O) groups excluding carboxylic acids is 1. The van der Waals surface area contributed by atoms with Gasteiger partial charge in [-0.3, -0.25) is 14.0 Å². The van der Waals surface area contributed by atoms with Crippen LogP contribution in [0.25, 0.3) is 16.2 Å². The summed E-state index contributed by atoms with van der Waals surface area (Å²) in [5, 5.41) is 10.8. The van der Waals surface area contributed by atoms with Gasteiger partial charge >= 0.3 is 5.97 Å². The standard InChI is InChI=1S/C17H15N3O4S/c1-2-19-13-5-10(3-4-14(13)24-8-15(19)21)12-7-20-11(6-16(22)23)9-25-17(20)18-12/h3-5,7,9H,2,6,8H2,1H3,(H,22,23). The number of hydrogen-bond donors (Lipinski definition) is 1. The van der Waals surface area contributed by atoms with Gasteiger partial charge in [0.15, 0.2) is 11.6 Å². The number of amides is 1. The molecule has 1 aliphatic heterocycles. The molecular formula is C17H15N3O4S. The van der Waals surface area contributed by atoms with Crippen LogP contribution in [-0.2, 0) is 16.0 Å². The zero-order chi connectivity index (χ0) is 17.6. The van der Waals surface area contributed by atoms with E-state index in [1.807, 2.05) is 31.3 Å². The van der Waals surface area contributed by atoms with Crippen LogP contribution in [0, 0.1) is 0 Å². The Labute approximate surface area is 147 Å². The molecule has 1 amide bonds. The number of thiazole rings is 1. The second-order valence-corrected chi connectivity index (χ2v) is 6.52. The zero-order valence-electron chi connectivity index (χ0n) is 13.4. The fourth-order valence-corrected chi connectivity index (χ4v) is 3.83. The highest BCUT2D eigenvalue weighted by atomic mass is 32.1. The van der Waals surface area contributed by atoms with Crippen molar-refractivity contribution in [3.63, 3.8) is 0 Å². The van der Waals surface area contributed by atoms with E-state index in [9.17, 15) is 9.59 Å². The third-order valence-corrected chi connectivity index (χ3v) is 5.02. The number of carbonyl (C=O) groups is 2. The van der Waals surface area contributed by atoms with Crippen molar-refractivity contribution in [1.82, 2.24) is 9.38 Å². The smallest absolute Gasteiger partial charge is 0.309 e. The number of fused-ring (bicyclic) bond motifs is 2. The second kappa shape index (κ2) is 5.89. The molecule has 0 radical (unpaired) electrons. The number of carboxylic acids is 1. The summed E-state index contributed by atoms with van der Waals surface area (Å²) in [6.45, 7) is 2.54. The van der Waals surface area contributed by atoms with E-state index in [0.717, 1.165) is 21.9 Å². The lowest BCUT2D eigenvalue weighted by Gasteiger charge is -2.28. The van der Waals surface area contributed by atoms with E-state index in [-0.39, 0.29) is 18.9 Å². The number of aliphatic carboxylic acids is 1. The summed E-state index contributed by atoms with van der Waals surface area (Å²) < 4.78 is 7.28. The largest absolute Gasteiger partial charge is 0.482 e. The molecule has 3 heterocycles. The van der Waals surface area contributed by atoms with Gasteiger partial charge in [0, 0.05) is 29.4 Å². The first-order chi connectivity index (χ1) is 12.1. The number of aromatic nitrogens is 2. The Morgan fingerprint density at radius 2 is 2.28 bits per heavy atom. The van der Waals surface area contributed by atoms with E-state index in [1.165, 1.54) is 11.3 Å². The molecule has 0 fully saturated rings. The first-order valence-electron chi connectivity index (χ1n) is 7.81. The van der Waals surface area contributed by atoms with Gasteiger partial charge in [0.05, 0.1) is 17.8 Å². The van der Waals surface area contributed by atoms with Crippen LogP contribution in [0.2, 0.25) is 0 Å². The number of benzene rings is 1. The Bertz CT molecular complexity index is 991. The third-order valence-electron chi connectivity index (χ3n) is 4.13. The molecule has 1 N–H and O–H groups in total. The highest BCUT2D eigenvalue weighted by molar-refractivity contribution is 7.15. The van der Waals surface area contributed by atoms with E-state index in [0.29, 0.717) is 18.0 Å². The average Bonchev–Trinajstić information content (AvgIpc) is 3.16. The minimum absolute atomic E-state index is 0.0497. The van der Waals surface area contributed by atoms with E-state index < -0.39 is 5.97 Å². The average molecular weight is 357 g/mol. The predicted octanol–water partition coefficient (Wildman–Crippen LogP) is 2.44. The Hall–Kier alpha value is -2.87. The number of hydrogen-bond acceptors (Lipinski definition) is 5. The maximum atomic E-state index is 12.0. The highest BCUT2D eigenvalue weighted by Gasteiger charge is 2.25. The van der Waals surface area contributed by atoms with E-state index in [4.69, 9.17) is 9.84 Å². The van der Waals surface area contributed by atoms with Crippen molar-refractivity contribution in [3.8, 4) is 17.0 Å². The molecule has 0 aliphatic carbocycles. The van der Waals surface area contributed by atoms with Crippen molar-refractivity contribution in [2.45, 2.75) is 13.3 Å². The number of rotatable bonds is 4. The normalized spacial score (nSPS) is 13.8. The molecule has 25 heavy (non-hydrogen) atoms. The van der Waals surface area contributed by atoms with Crippen LogP contribution in [0.4, 0.5) is 5.69 Å². The van der Waals surface area contributed by atoms with Crippen molar-refractivity contribution < 1.29 is 19.4 Å². The van der Waals surface area contributed by atoms with Gasteiger partial charge in [0.25, 0.3) is 5.91 Å². The van der Waals surface area contributed by atoms with E-state index in [1.54, 1.807) is 14.7 Å². The summed E-state index contributed by atoms with van der Waals surface area (Å²) in [5.41, 5.74) is 3.01. The fourth-order valence-electron chi connectivity index (χ4n) is 2.96. The maximum absolute atomic E-state index is 12.0. The number of anilines is 1. The molecule has 0 unspecified atom stereocenters. The van der Waals surface area contributed by atoms with Gasteiger partial charge in [-0.05, 0) is 25.1 Å². The molecule has 2 aromatic heterocycles. The molecule has 0 saturated heterocycles. The Kier molecular flexibility index (Phi) is 3.69. The summed E-state index contributed by atoms with van der Waals surface area (Å²) in [6, 6.07) is 5.62. The molecule has 1 aromatic carbocycles. The minimum Gasteiger partial charge on any atom is -0.482 e. The van der Waals surface area contributed by atoms with Gasteiger partial charge in [0.1, 0.15) is 5.75 Å². The molecule has 7 nitrogen and oxygen atoms in total. The molecule has 8 heteroatoms. The van der Waals surface area contributed by atoms with Crippen LogP contribution >= 0.6 is 11.3 Å². The van der Waals surface area contributed by atoms with Gasteiger partial charge in [-0.25, -0.2) is 4.98 Å². The van der Waals surface area contributed by atoms with Crippen LogP contribution in [0.5, 0.6) is 5.75 Å². The molecule has 0 bridgehead atoms. The first kappa shape index (κ1) is 15.6. The summed E-state index contributed by atoms with van der Waals surface area (Å²) in [7, 11) is 0. The molecule has 4 rings (SSSR count). The second-order valence-electron chi connectivity index (χ2n) is 5.69. The minimum atomic E-state index is -0.877. The van der Waals surface area contributed by atoms with Gasteiger partial charge in [0.2, 0.25) is 0 Å². The number of likely N-dealkylation sites (N-methyl/N-ethyl adjacent to an activating group) is 1. The van der Waals surface area contributed by atoms with Crippen LogP contribution in [0.1, 0.15) is 12.6 Å². The lowest BCUT2D eigenvalue weighted by atomic mass is 10.1. The van der Waals surface area contributed by atoms with E-state index in [2.05, 4.69) is 4.98 Å². The van der Waals surface area contributed by atoms with Gasteiger partial charge in [-0.2, -0.15) is 0 Å². The maximum Gasteiger partial charge on any atom is 0.309 e. The first-order valence-corrected chi connectivity index (χ1v) is 8.69. The molecule has 128 valence electrons. The summed E-state index contributed by atoms with van der Waals surface area (Å²) in [6.07, 6.45) is 1.78. The van der Waals surface area contributed by atoms with Crippen LogP contribution in [-0.4, -0.2) is 39.5 Å². The molecule has 0 spiro atoms. The summed E-state index contributed by atoms with van der Waals surface area (Å²) >= 11 is 1.40. The van der Waals surface area contributed by atoms with E-state index >= 15 is 0 Å². The summed E-state index contributed by atoms with van der Waals surface area (Å²) in [5.74, 6) is -0.266. The Morgan fingerprint density at radius 3 is 3.04 bits per heavy atom. The van der Waals surface area contributed by atoms with Crippen molar-refractivity contribution >= 4 is 33.9 Å². The fraction of sp³-hybridized carbons (Fsp3) is 0.235. The summed E-state index contributed by atoms with van der Waals surface area (Å²) in [4.78, 5) is 30.0. The topological polar surface area (TPSA) is 84.1 Å². The van der Waals surface area contributed by atoms with Crippen molar-refractivity contribution in [3.05, 3.63) is 35.5 Å². The number of ether oxygens (including phenoxy) is 1. The van der Waals surface area contributed by atoms with Gasteiger partial charge < -0.3 is 14.7 Å². The van der Waals surface area contributed by atoms with Gasteiger partial charge in [-0.1, -0.05) is 0 Å². The van der Waals surface area contributed by atoms with Gasteiger partial charge in [-0.15, -0.1) is 11.3 Å². The highest BCUT2D eigenvalue weighted by Crippen LogP contribution is 2.36. The molecule has 0 atom stereocenters. The molecule has 0 saturated carbocycles. The number of carboxylic acid groups (broad SMARTS) is 1. The third kappa shape index (κ3) is 2.64. The van der Waals surface area contributed by atoms with Crippen molar-refractivity contribution in [1.29, 1.82) is 0 Å². The number of imidazole rings is 1. The lowest BCUT2D eigenvalue weighted by molar-refractivity contribution is -0.136.